The quantitative estimate of drug-likeness (QED) is 0.309. The fourth-order valence-corrected chi connectivity index (χ4v) is 2.81. The Balaban J connectivity index is 3.29. The van der Waals surface area contributed by atoms with E-state index in [0.29, 0.717) is 0 Å². The summed E-state index contributed by atoms with van der Waals surface area (Å²) in [6.45, 7) is 11.5. The van der Waals surface area contributed by atoms with Crippen molar-refractivity contribution in [2.45, 2.75) is 98.8 Å². The van der Waals surface area contributed by atoms with Crippen LogP contribution in [0.2, 0.25) is 0 Å². The van der Waals surface area contributed by atoms with Crippen LogP contribution >= 0.6 is 0 Å². The topological polar surface area (TPSA) is 0 Å². The standard InChI is InChI=1S/C20H39/c1-6-13-19(4)15-10-8-7-9-11-16-20(5)17-12-14-18(2)3/h6,13,18,20H,7-12,14-17H2,1-5H3/b19-13+. The highest BCUT2D eigenvalue weighted by Crippen LogP contribution is 2.19. The van der Waals surface area contributed by atoms with Crippen molar-refractivity contribution in [3.63, 3.8) is 0 Å². The Morgan fingerprint density at radius 2 is 1.40 bits per heavy atom. The SMILES string of the molecule is C[CH]/C=C(\C)CCCCCCCC(C)CCCC(C)C. The number of hydrogen-bond donors (Lipinski definition) is 0. The van der Waals surface area contributed by atoms with Crippen LogP contribution in [0.4, 0.5) is 0 Å². The van der Waals surface area contributed by atoms with Gasteiger partial charge in [-0.25, -0.2) is 0 Å². The largest absolute Gasteiger partial charge is 0.0822 e. The van der Waals surface area contributed by atoms with Gasteiger partial charge in [-0.15, -0.1) is 0 Å². The summed E-state index contributed by atoms with van der Waals surface area (Å²) in [5.41, 5.74) is 1.53. The third-order valence-electron chi connectivity index (χ3n) is 4.20. The first-order valence-corrected chi connectivity index (χ1v) is 9.01. The molecule has 1 radical (unpaired) electrons. The molecule has 0 aliphatic rings. The normalized spacial score (nSPS) is 14.0. The van der Waals surface area contributed by atoms with Crippen molar-refractivity contribution in [3.8, 4) is 0 Å². The molecule has 0 rings (SSSR count). The lowest BCUT2D eigenvalue weighted by Crippen LogP contribution is -1.96. The minimum absolute atomic E-state index is 0.880. The van der Waals surface area contributed by atoms with Crippen LogP contribution in [0.1, 0.15) is 98.8 Å². The molecule has 0 spiro atoms. The molecule has 20 heavy (non-hydrogen) atoms. The van der Waals surface area contributed by atoms with E-state index in [0.717, 1.165) is 11.8 Å². The van der Waals surface area contributed by atoms with Crippen molar-refractivity contribution >= 4 is 0 Å². The van der Waals surface area contributed by atoms with E-state index in [9.17, 15) is 0 Å². The van der Waals surface area contributed by atoms with Gasteiger partial charge in [-0.05, 0) is 38.0 Å². The highest BCUT2D eigenvalue weighted by Gasteiger charge is 2.03. The van der Waals surface area contributed by atoms with Crippen molar-refractivity contribution in [1.29, 1.82) is 0 Å². The molecule has 0 amide bonds. The third-order valence-corrected chi connectivity index (χ3v) is 4.20. The van der Waals surface area contributed by atoms with Gasteiger partial charge in [0.2, 0.25) is 0 Å². The second-order valence-corrected chi connectivity index (χ2v) is 7.08. The number of hydrogen-bond acceptors (Lipinski definition) is 0. The third kappa shape index (κ3) is 14.2. The maximum Gasteiger partial charge on any atom is -0.0199 e. The van der Waals surface area contributed by atoms with Crippen LogP contribution in [0.5, 0.6) is 0 Å². The molecule has 0 heterocycles. The Bertz CT molecular complexity index is 224. The lowest BCUT2D eigenvalue weighted by Gasteiger charge is -2.12. The fraction of sp³-hybridized carbons (Fsp3) is 0.850. The lowest BCUT2D eigenvalue weighted by atomic mass is 9.95. The molecule has 0 fully saturated rings. The first-order chi connectivity index (χ1) is 9.56. The average molecular weight is 280 g/mol. The van der Waals surface area contributed by atoms with Gasteiger partial charge in [0, 0.05) is 0 Å². The van der Waals surface area contributed by atoms with Gasteiger partial charge in [-0.1, -0.05) is 90.7 Å². The maximum atomic E-state index is 2.44. The first-order valence-electron chi connectivity index (χ1n) is 9.01. The molecule has 0 aromatic heterocycles. The van der Waals surface area contributed by atoms with Gasteiger partial charge in [0.1, 0.15) is 0 Å². The molecule has 119 valence electrons. The Morgan fingerprint density at radius 1 is 0.800 bits per heavy atom. The summed E-state index contributed by atoms with van der Waals surface area (Å²) < 4.78 is 0. The lowest BCUT2D eigenvalue weighted by molar-refractivity contribution is 0.418. The average Bonchev–Trinajstić information content (AvgIpc) is 2.37. The second-order valence-electron chi connectivity index (χ2n) is 7.08. The number of unbranched alkanes of at least 4 members (excludes halogenated alkanes) is 4. The van der Waals surface area contributed by atoms with Crippen molar-refractivity contribution in [1.82, 2.24) is 0 Å². The molecule has 1 unspecified atom stereocenters. The van der Waals surface area contributed by atoms with E-state index in [1.54, 1.807) is 0 Å². The molecule has 0 saturated carbocycles. The van der Waals surface area contributed by atoms with Gasteiger partial charge < -0.3 is 0 Å². The summed E-state index contributed by atoms with van der Waals surface area (Å²) >= 11 is 0. The second kappa shape index (κ2) is 13.7. The fourth-order valence-electron chi connectivity index (χ4n) is 2.81. The van der Waals surface area contributed by atoms with Crippen LogP contribution in [0.3, 0.4) is 0 Å². The van der Waals surface area contributed by atoms with Crippen molar-refractivity contribution < 1.29 is 0 Å². The molecule has 0 N–H and O–H groups in total. The van der Waals surface area contributed by atoms with E-state index < -0.39 is 0 Å². The van der Waals surface area contributed by atoms with Gasteiger partial charge in [0.05, 0.1) is 0 Å². The molecule has 1 atom stereocenters. The highest BCUT2D eigenvalue weighted by atomic mass is 14.1. The van der Waals surface area contributed by atoms with Crippen LogP contribution in [0.25, 0.3) is 0 Å². The monoisotopic (exact) mass is 279 g/mol. The van der Waals surface area contributed by atoms with Crippen molar-refractivity contribution in [2.24, 2.45) is 11.8 Å². The molecule has 0 aliphatic heterocycles. The number of allylic oxidation sites excluding steroid dienone is 2. The molecule has 0 aromatic rings. The Morgan fingerprint density at radius 3 is 2.05 bits per heavy atom. The van der Waals surface area contributed by atoms with Gasteiger partial charge >= 0.3 is 0 Å². The summed E-state index contributed by atoms with van der Waals surface area (Å²) in [4.78, 5) is 0. The van der Waals surface area contributed by atoms with Gasteiger partial charge in [0.15, 0.2) is 0 Å². The molecule has 0 heteroatoms. The van der Waals surface area contributed by atoms with Crippen molar-refractivity contribution in [2.75, 3.05) is 0 Å². The van der Waals surface area contributed by atoms with E-state index in [1.165, 1.54) is 69.8 Å². The highest BCUT2D eigenvalue weighted by molar-refractivity contribution is 5.03. The molecular weight excluding hydrogens is 240 g/mol. The van der Waals surface area contributed by atoms with Gasteiger partial charge in [0.25, 0.3) is 0 Å². The Hall–Kier alpha value is -0.260. The van der Waals surface area contributed by atoms with E-state index in [-0.39, 0.29) is 0 Å². The molecule has 0 aromatic carbocycles. The summed E-state index contributed by atoms with van der Waals surface area (Å²) in [6, 6.07) is 0. The minimum atomic E-state index is 0.880. The van der Waals surface area contributed by atoms with E-state index in [4.69, 9.17) is 0 Å². The molecule has 0 nitrogen and oxygen atoms in total. The van der Waals surface area contributed by atoms with Crippen LogP contribution in [-0.2, 0) is 0 Å². The minimum Gasteiger partial charge on any atom is -0.0822 e. The zero-order valence-electron chi connectivity index (χ0n) is 14.9. The maximum absolute atomic E-state index is 2.44. The van der Waals surface area contributed by atoms with Gasteiger partial charge in [-0.2, -0.15) is 0 Å². The Kier molecular flexibility index (Phi) is 13.5. The van der Waals surface area contributed by atoms with E-state index in [1.807, 2.05) is 0 Å². The summed E-state index contributed by atoms with van der Waals surface area (Å²) in [5.74, 6) is 1.82. The van der Waals surface area contributed by atoms with E-state index >= 15 is 0 Å². The van der Waals surface area contributed by atoms with Crippen LogP contribution in [0, 0.1) is 18.3 Å². The zero-order chi connectivity index (χ0) is 15.2. The predicted molar refractivity (Wildman–Crippen MR) is 93.9 cm³/mol. The summed E-state index contributed by atoms with van der Waals surface area (Å²) in [6.07, 6.45) is 18.5. The molecule has 0 aliphatic carbocycles. The summed E-state index contributed by atoms with van der Waals surface area (Å²) in [5, 5.41) is 0. The van der Waals surface area contributed by atoms with Crippen LogP contribution in [0.15, 0.2) is 11.6 Å². The van der Waals surface area contributed by atoms with Crippen LogP contribution < -0.4 is 0 Å². The smallest absolute Gasteiger partial charge is 0.0199 e. The van der Waals surface area contributed by atoms with E-state index in [2.05, 4.69) is 47.1 Å². The number of rotatable bonds is 13. The molecule has 0 bridgehead atoms. The van der Waals surface area contributed by atoms with Gasteiger partial charge in [-0.3, -0.25) is 0 Å². The van der Waals surface area contributed by atoms with Crippen molar-refractivity contribution in [3.05, 3.63) is 18.1 Å². The predicted octanol–water partition coefficient (Wildman–Crippen LogP) is 7.35. The first kappa shape index (κ1) is 19.7. The summed E-state index contributed by atoms with van der Waals surface area (Å²) in [7, 11) is 0. The molecular formula is C20H39. The molecule has 0 saturated heterocycles. The Labute approximate surface area is 129 Å². The zero-order valence-corrected chi connectivity index (χ0v) is 14.9. The van der Waals surface area contributed by atoms with Crippen LogP contribution in [-0.4, -0.2) is 0 Å².